The van der Waals surface area contributed by atoms with Crippen molar-refractivity contribution in [2.24, 2.45) is 11.8 Å². The quantitative estimate of drug-likeness (QED) is 0.362. The van der Waals surface area contributed by atoms with Gasteiger partial charge in [-0.15, -0.1) is 0 Å². The van der Waals surface area contributed by atoms with E-state index in [1.54, 1.807) is 0 Å². The van der Waals surface area contributed by atoms with Crippen LogP contribution in [-0.4, -0.2) is 46.5 Å². The van der Waals surface area contributed by atoms with Crippen LogP contribution in [0.1, 0.15) is 18.9 Å². The maximum atomic E-state index is 13.8. The molecule has 1 saturated carbocycles. The molecule has 2 aliphatic rings. The molecule has 4 N–H and O–H groups in total. The van der Waals surface area contributed by atoms with Gasteiger partial charge in [0.05, 0.1) is 22.3 Å². The Morgan fingerprint density at radius 2 is 1.82 bits per heavy atom. The molecule has 3 atom stereocenters. The summed E-state index contributed by atoms with van der Waals surface area (Å²) in [7, 11) is 0. The van der Waals surface area contributed by atoms with Crippen molar-refractivity contribution in [1.29, 1.82) is 5.41 Å². The van der Waals surface area contributed by atoms with E-state index in [1.807, 2.05) is 40.5 Å². The molecular formula is C23H23Cl2N5O4. The van der Waals surface area contributed by atoms with Crippen molar-refractivity contribution in [3.8, 4) is 0 Å². The first kappa shape index (κ1) is 23.8. The lowest BCUT2D eigenvalue weighted by molar-refractivity contribution is -0.129. The molecule has 1 saturated heterocycles. The number of hydrogen-bond acceptors (Lipinski definition) is 5. The molecule has 9 nitrogen and oxygen atoms in total. The summed E-state index contributed by atoms with van der Waals surface area (Å²) >= 11 is 12.6. The summed E-state index contributed by atoms with van der Waals surface area (Å²) < 4.78 is 0. The maximum absolute atomic E-state index is 13.8. The molecule has 4 rings (SSSR count). The summed E-state index contributed by atoms with van der Waals surface area (Å²) in [6, 6.07) is 12.1. The maximum Gasteiger partial charge on any atom is 0.411 e. The summed E-state index contributed by atoms with van der Waals surface area (Å²) in [5, 5.41) is 22.3. The standard InChI is InChI=1S/C23H23Cl2N5O4/c1-12(31)27-19-17(24)7-13(8-18(19)25)10-30(22(26)28-23(33)34)21(32)20-16-9-14(16)11-29(20)15-5-3-2-4-6-15/h2-8,14,16,20H,9-11H2,1H3,(H2,26,28)(H,27,31)(H,33,34). The molecule has 0 aromatic heterocycles. The fraction of sp³-hybridized carbons (Fsp3) is 0.304. The summed E-state index contributed by atoms with van der Waals surface area (Å²) in [6.45, 7) is 1.92. The van der Waals surface area contributed by atoms with E-state index in [2.05, 4.69) is 5.32 Å². The smallest absolute Gasteiger partial charge is 0.411 e. The number of carboxylic acid groups (broad SMARTS) is 1. The molecular weight excluding hydrogens is 481 g/mol. The van der Waals surface area contributed by atoms with Gasteiger partial charge in [0.2, 0.25) is 11.9 Å². The average Bonchev–Trinajstić information content (AvgIpc) is 3.43. The molecule has 0 spiro atoms. The molecule has 0 bridgehead atoms. The third-order valence-corrected chi connectivity index (χ3v) is 6.59. The summed E-state index contributed by atoms with van der Waals surface area (Å²) in [5.41, 5.74) is 1.62. The first-order chi connectivity index (χ1) is 16.2. The Hall–Kier alpha value is -3.30. The van der Waals surface area contributed by atoms with Gasteiger partial charge in [-0.05, 0) is 48.1 Å². The van der Waals surface area contributed by atoms with Crippen molar-refractivity contribution in [2.75, 3.05) is 16.8 Å². The second kappa shape index (κ2) is 9.52. The number of hydrogen-bond donors (Lipinski definition) is 4. The number of carbonyl (C=O) groups excluding carboxylic acids is 2. The zero-order valence-electron chi connectivity index (χ0n) is 18.2. The van der Waals surface area contributed by atoms with E-state index in [0.29, 0.717) is 11.5 Å². The Labute approximate surface area is 206 Å². The second-order valence-corrected chi connectivity index (χ2v) is 9.23. The molecule has 1 heterocycles. The number of piperidine rings is 1. The van der Waals surface area contributed by atoms with Crippen LogP contribution < -0.4 is 15.5 Å². The Morgan fingerprint density at radius 3 is 2.41 bits per heavy atom. The molecule has 11 heteroatoms. The number of halogens is 2. The molecule has 178 valence electrons. The highest BCUT2D eigenvalue weighted by Crippen LogP contribution is 2.51. The fourth-order valence-corrected chi connectivity index (χ4v) is 5.08. The van der Waals surface area contributed by atoms with Crippen molar-refractivity contribution in [1.82, 2.24) is 10.2 Å². The molecule has 34 heavy (non-hydrogen) atoms. The van der Waals surface area contributed by atoms with Crippen LogP contribution >= 0.6 is 23.2 Å². The van der Waals surface area contributed by atoms with E-state index in [1.165, 1.54) is 19.1 Å². The Kier molecular flexibility index (Phi) is 6.67. The Balaban J connectivity index is 1.64. The molecule has 2 aromatic carbocycles. The highest BCUT2D eigenvalue weighted by Gasteiger charge is 2.56. The number of anilines is 2. The number of amides is 3. The Bertz CT molecular complexity index is 1140. The predicted molar refractivity (Wildman–Crippen MR) is 129 cm³/mol. The van der Waals surface area contributed by atoms with E-state index in [9.17, 15) is 14.4 Å². The van der Waals surface area contributed by atoms with Crippen LogP contribution in [0.5, 0.6) is 0 Å². The van der Waals surface area contributed by atoms with Crippen molar-refractivity contribution in [3.63, 3.8) is 0 Å². The second-order valence-electron chi connectivity index (χ2n) is 8.41. The Morgan fingerprint density at radius 1 is 1.18 bits per heavy atom. The van der Waals surface area contributed by atoms with Crippen molar-refractivity contribution in [3.05, 3.63) is 58.1 Å². The van der Waals surface area contributed by atoms with Gasteiger partial charge < -0.3 is 15.3 Å². The van der Waals surface area contributed by atoms with Gasteiger partial charge in [-0.2, -0.15) is 0 Å². The number of guanidine groups is 1. The lowest BCUT2D eigenvalue weighted by atomic mass is 10.1. The van der Waals surface area contributed by atoms with Gasteiger partial charge in [-0.1, -0.05) is 41.4 Å². The van der Waals surface area contributed by atoms with E-state index in [0.717, 1.165) is 23.6 Å². The molecule has 2 fully saturated rings. The van der Waals surface area contributed by atoms with Crippen LogP contribution in [0.4, 0.5) is 16.2 Å². The SMILES string of the molecule is CC(=O)Nc1c(Cl)cc(CN(C(=N)NC(=O)O)C(=O)C2C3CC3CN2c2ccccc2)cc1Cl. The minimum absolute atomic E-state index is 0.131. The van der Waals surface area contributed by atoms with Gasteiger partial charge in [0.1, 0.15) is 6.04 Å². The van der Waals surface area contributed by atoms with Crippen LogP contribution in [-0.2, 0) is 16.1 Å². The van der Waals surface area contributed by atoms with Crippen LogP contribution in [0.25, 0.3) is 0 Å². The van der Waals surface area contributed by atoms with Gasteiger partial charge in [0, 0.05) is 19.2 Å². The lowest BCUT2D eigenvalue weighted by Gasteiger charge is -2.33. The van der Waals surface area contributed by atoms with Gasteiger partial charge in [0.25, 0.3) is 5.91 Å². The normalized spacial score (nSPS) is 20.3. The summed E-state index contributed by atoms with van der Waals surface area (Å²) in [4.78, 5) is 39.5. The van der Waals surface area contributed by atoms with Crippen molar-refractivity contribution in [2.45, 2.75) is 25.9 Å². The minimum atomic E-state index is -1.45. The molecule has 1 aliphatic carbocycles. The topological polar surface area (TPSA) is 126 Å². The number of nitrogens with zero attached hydrogens (tertiary/aromatic N) is 2. The summed E-state index contributed by atoms with van der Waals surface area (Å²) in [6.07, 6.45) is -0.536. The van der Waals surface area contributed by atoms with Gasteiger partial charge in [-0.25, -0.2) is 4.79 Å². The number of nitrogens with one attached hydrogen (secondary N) is 3. The highest BCUT2D eigenvalue weighted by molar-refractivity contribution is 6.39. The van der Waals surface area contributed by atoms with Crippen LogP contribution in [0, 0.1) is 17.2 Å². The largest absolute Gasteiger partial charge is 0.465 e. The van der Waals surface area contributed by atoms with Crippen LogP contribution in [0.15, 0.2) is 42.5 Å². The zero-order chi connectivity index (χ0) is 24.6. The number of fused-ring (bicyclic) bond motifs is 1. The van der Waals surface area contributed by atoms with Crippen molar-refractivity contribution < 1.29 is 19.5 Å². The number of carbonyl (C=O) groups is 3. The number of benzene rings is 2. The molecule has 3 amide bonds. The van der Waals surface area contributed by atoms with E-state index in [-0.39, 0.29) is 40.0 Å². The van der Waals surface area contributed by atoms with Crippen molar-refractivity contribution >= 4 is 58.4 Å². The van der Waals surface area contributed by atoms with E-state index >= 15 is 0 Å². The first-order valence-electron chi connectivity index (χ1n) is 10.6. The number of rotatable bonds is 5. The monoisotopic (exact) mass is 503 g/mol. The molecule has 1 aliphatic heterocycles. The molecule has 3 unspecified atom stereocenters. The molecule has 2 aromatic rings. The predicted octanol–water partition coefficient (Wildman–Crippen LogP) is 4.01. The highest BCUT2D eigenvalue weighted by atomic mass is 35.5. The molecule has 0 radical (unpaired) electrons. The third kappa shape index (κ3) is 4.95. The van der Waals surface area contributed by atoms with Gasteiger partial charge >= 0.3 is 6.09 Å². The van der Waals surface area contributed by atoms with Crippen LogP contribution in [0.3, 0.4) is 0 Å². The summed E-state index contributed by atoms with van der Waals surface area (Å²) in [5.74, 6) is -0.763. The average molecular weight is 504 g/mol. The van der Waals surface area contributed by atoms with Gasteiger partial charge in [-0.3, -0.25) is 25.2 Å². The zero-order valence-corrected chi connectivity index (χ0v) is 19.7. The lowest BCUT2D eigenvalue weighted by Crippen LogP contribution is -2.53. The van der Waals surface area contributed by atoms with E-state index < -0.39 is 18.1 Å². The van der Waals surface area contributed by atoms with E-state index in [4.69, 9.17) is 33.7 Å². The minimum Gasteiger partial charge on any atom is -0.465 e. The van der Waals surface area contributed by atoms with Gasteiger partial charge in [0.15, 0.2) is 0 Å². The number of para-hydroxylation sites is 1. The van der Waals surface area contributed by atoms with Crippen LogP contribution in [0.2, 0.25) is 10.0 Å². The fourth-order valence-electron chi connectivity index (χ4n) is 4.46. The third-order valence-electron chi connectivity index (χ3n) is 6.00. The first-order valence-corrected chi connectivity index (χ1v) is 11.4.